The lowest BCUT2D eigenvalue weighted by Crippen LogP contribution is -2.40. The van der Waals surface area contributed by atoms with Crippen LogP contribution in [0.25, 0.3) is 0 Å². The van der Waals surface area contributed by atoms with Gasteiger partial charge in [0, 0.05) is 12.6 Å². The molecule has 1 aromatic carbocycles. The van der Waals surface area contributed by atoms with Crippen LogP contribution in [0.15, 0.2) is 18.2 Å². The first-order valence-corrected chi connectivity index (χ1v) is 5.97. The number of halogens is 1. The maximum atomic E-state index is 13.7. The number of benzene rings is 1. The van der Waals surface area contributed by atoms with Gasteiger partial charge in [-0.15, -0.1) is 0 Å². The molecule has 2 rings (SSSR count). The molecular weight excluding hydrogens is 235 g/mol. The van der Waals surface area contributed by atoms with Gasteiger partial charge in [0.2, 0.25) is 0 Å². The first-order chi connectivity index (χ1) is 8.63. The van der Waals surface area contributed by atoms with E-state index < -0.39 is 11.7 Å². The third-order valence-electron chi connectivity index (χ3n) is 3.26. The Morgan fingerprint density at radius 2 is 2.28 bits per heavy atom. The van der Waals surface area contributed by atoms with Crippen molar-refractivity contribution in [2.45, 2.75) is 13.0 Å². The molecule has 2 N–H and O–H groups in total. The molecule has 0 spiro atoms. The van der Waals surface area contributed by atoms with Crippen molar-refractivity contribution in [3.63, 3.8) is 0 Å². The molecule has 1 aromatic rings. The molecule has 4 nitrogen and oxygen atoms in total. The number of amides is 1. The van der Waals surface area contributed by atoms with Gasteiger partial charge in [-0.05, 0) is 24.6 Å². The molecule has 2 atom stereocenters. The van der Waals surface area contributed by atoms with Crippen molar-refractivity contribution in [3.8, 4) is 5.75 Å². The Labute approximate surface area is 106 Å². The molecule has 1 heterocycles. The first kappa shape index (κ1) is 12.8. The molecule has 0 aromatic heterocycles. The molecule has 2 unspecified atom stereocenters. The average Bonchev–Trinajstić information content (AvgIpc) is 2.74. The summed E-state index contributed by atoms with van der Waals surface area (Å²) in [6, 6.07) is 4.38. The smallest absolute Gasteiger partial charge is 0.258 e. The van der Waals surface area contributed by atoms with E-state index >= 15 is 0 Å². The van der Waals surface area contributed by atoms with E-state index in [-0.39, 0.29) is 17.4 Å². The maximum Gasteiger partial charge on any atom is 0.258 e. The molecule has 98 valence electrons. The first-order valence-electron chi connectivity index (χ1n) is 5.97. The van der Waals surface area contributed by atoms with Crippen molar-refractivity contribution in [3.05, 3.63) is 29.6 Å². The highest BCUT2D eigenvalue weighted by Crippen LogP contribution is 2.21. The van der Waals surface area contributed by atoms with Crippen molar-refractivity contribution in [1.82, 2.24) is 10.6 Å². The highest BCUT2D eigenvalue weighted by molar-refractivity contribution is 5.97. The third-order valence-corrected chi connectivity index (χ3v) is 3.26. The number of carbonyl (C=O) groups excluding carboxylic acids is 1. The number of nitrogens with one attached hydrogen (secondary N) is 2. The maximum absolute atomic E-state index is 13.7. The van der Waals surface area contributed by atoms with Gasteiger partial charge in [-0.2, -0.15) is 0 Å². The van der Waals surface area contributed by atoms with E-state index in [1.54, 1.807) is 6.07 Å². The molecule has 18 heavy (non-hydrogen) atoms. The van der Waals surface area contributed by atoms with Crippen LogP contribution in [0.4, 0.5) is 4.39 Å². The molecule has 0 radical (unpaired) electrons. The summed E-state index contributed by atoms with van der Waals surface area (Å²) in [5.41, 5.74) is -0.0286. The number of methoxy groups -OCH3 is 1. The Hall–Kier alpha value is -1.62. The standard InChI is InChI=1S/C13H17FN2O2/c1-8-6-15-7-10(8)16-13(17)12-9(14)4-3-5-11(12)18-2/h3-5,8,10,15H,6-7H2,1-2H3,(H,16,17). The SMILES string of the molecule is COc1cccc(F)c1C(=O)NC1CNCC1C. The van der Waals surface area contributed by atoms with Crippen LogP contribution in [0.3, 0.4) is 0 Å². The second-order valence-corrected chi connectivity index (χ2v) is 4.53. The van der Waals surface area contributed by atoms with Gasteiger partial charge in [0.05, 0.1) is 7.11 Å². The van der Waals surface area contributed by atoms with Crippen LogP contribution >= 0.6 is 0 Å². The van der Waals surface area contributed by atoms with E-state index in [1.807, 2.05) is 6.92 Å². The number of carbonyl (C=O) groups is 1. The fraction of sp³-hybridized carbons (Fsp3) is 0.462. The van der Waals surface area contributed by atoms with Gasteiger partial charge in [0.15, 0.2) is 0 Å². The Bertz CT molecular complexity index is 451. The van der Waals surface area contributed by atoms with Gasteiger partial charge in [0.25, 0.3) is 5.91 Å². The van der Waals surface area contributed by atoms with E-state index in [2.05, 4.69) is 10.6 Å². The molecule has 1 fully saturated rings. The van der Waals surface area contributed by atoms with Crippen LogP contribution in [-0.2, 0) is 0 Å². The molecule has 1 saturated heterocycles. The fourth-order valence-corrected chi connectivity index (χ4v) is 2.14. The zero-order valence-corrected chi connectivity index (χ0v) is 10.5. The molecular formula is C13H17FN2O2. The summed E-state index contributed by atoms with van der Waals surface area (Å²) in [4.78, 5) is 12.1. The van der Waals surface area contributed by atoms with Crippen LogP contribution < -0.4 is 15.4 Å². The van der Waals surface area contributed by atoms with Gasteiger partial charge < -0.3 is 15.4 Å². The van der Waals surface area contributed by atoms with Gasteiger partial charge in [-0.3, -0.25) is 4.79 Å². The van der Waals surface area contributed by atoms with Crippen LogP contribution in [0.5, 0.6) is 5.75 Å². The van der Waals surface area contributed by atoms with Crippen molar-refractivity contribution in [2.75, 3.05) is 20.2 Å². The zero-order valence-electron chi connectivity index (χ0n) is 10.5. The average molecular weight is 252 g/mol. The lowest BCUT2D eigenvalue weighted by Gasteiger charge is -2.17. The third kappa shape index (κ3) is 2.46. The Kier molecular flexibility index (Phi) is 3.81. The van der Waals surface area contributed by atoms with E-state index in [4.69, 9.17) is 4.74 Å². The Balaban J connectivity index is 2.18. The minimum absolute atomic E-state index is 0.0286. The lowest BCUT2D eigenvalue weighted by molar-refractivity contribution is 0.0925. The zero-order chi connectivity index (χ0) is 13.1. The van der Waals surface area contributed by atoms with Crippen LogP contribution in [0.2, 0.25) is 0 Å². The van der Waals surface area contributed by atoms with E-state index in [1.165, 1.54) is 19.2 Å². The highest BCUT2D eigenvalue weighted by atomic mass is 19.1. The van der Waals surface area contributed by atoms with Crippen molar-refractivity contribution >= 4 is 5.91 Å². The summed E-state index contributed by atoms with van der Waals surface area (Å²) >= 11 is 0. The minimum atomic E-state index is -0.564. The molecule has 1 aliphatic rings. The summed E-state index contributed by atoms with van der Waals surface area (Å²) in [5.74, 6) is -0.395. The van der Waals surface area contributed by atoms with Gasteiger partial charge in [-0.25, -0.2) is 4.39 Å². The van der Waals surface area contributed by atoms with Gasteiger partial charge in [0.1, 0.15) is 17.1 Å². The van der Waals surface area contributed by atoms with Gasteiger partial charge >= 0.3 is 0 Å². The summed E-state index contributed by atoms with van der Waals surface area (Å²) in [6.07, 6.45) is 0. The molecule has 0 aliphatic carbocycles. The van der Waals surface area contributed by atoms with Crippen molar-refractivity contribution < 1.29 is 13.9 Å². The topological polar surface area (TPSA) is 50.4 Å². The highest BCUT2D eigenvalue weighted by Gasteiger charge is 2.27. The normalized spacial score (nSPS) is 22.8. The van der Waals surface area contributed by atoms with Gasteiger partial charge in [-0.1, -0.05) is 13.0 Å². The van der Waals surface area contributed by atoms with Crippen LogP contribution in [0, 0.1) is 11.7 Å². The Morgan fingerprint density at radius 1 is 1.50 bits per heavy atom. The monoisotopic (exact) mass is 252 g/mol. The summed E-state index contributed by atoms with van der Waals surface area (Å²) in [5, 5.41) is 6.02. The minimum Gasteiger partial charge on any atom is -0.496 e. The second kappa shape index (κ2) is 5.35. The molecule has 0 bridgehead atoms. The summed E-state index contributed by atoms with van der Waals surface area (Å²) < 4.78 is 18.7. The summed E-state index contributed by atoms with van der Waals surface area (Å²) in [7, 11) is 1.42. The largest absolute Gasteiger partial charge is 0.496 e. The predicted molar refractivity (Wildman–Crippen MR) is 66.2 cm³/mol. The number of ether oxygens (including phenoxy) is 1. The van der Waals surface area contributed by atoms with Crippen molar-refractivity contribution in [1.29, 1.82) is 0 Å². The molecule has 1 amide bonds. The van der Waals surface area contributed by atoms with Crippen LogP contribution in [0.1, 0.15) is 17.3 Å². The molecule has 5 heteroatoms. The lowest BCUT2D eigenvalue weighted by atomic mass is 10.1. The second-order valence-electron chi connectivity index (χ2n) is 4.53. The van der Waals surface area contributed by atoms with E-state index in [0.717, 1.165) is 6.54 Å². The van der Waals surface area contributed by atoms with Crippen molar-refractivity contribution in [2.24, 2.45) is 5.92 Å². The molecule has 1 aliphatic heterocycles. The number of hydrogen-bond donors (Lipinski definition) is 2. The number of rotatable bonds is 3. The van der Waals surface area contributed by atoms with E-state index in [9.17, 15) is 9.18 Å². The van der Waals surface area contributed by atoms with Crippen LogP contribution in [-0.4, -0.2) is 32.1 Å². The fourth-order valence-electron chi connectivity index (χ4n) is 2.14. The van der Waals surface area contributed by atoms with E-state index in [0.29, 0.717) is 12.5 Å². The predicted octanol–water partition coefficient (Wildman–Crippen LogP) is 1.17. The number of hydrogen-bond acceptors (Lipinski definition) is 3. The Morgan fingerprint density at radius 3 is 2.89 bits per heavy atom. The summed E-state index contributed by atoms with van der Waals surface area (Å²) in [6.45, 7) is 3.62. The quantitative estimate of drug-likeness (QED) is 0.849. The molecule has 0 saturated carbocycles.